The van der Waals surface area contributed by atoms with Crippen molar-refractivity contribution in [3.63, 3.8) is 0 Å². The zero-order chi connectivity index (χ0) is 16.9. The van der Waals surface area contributed by atoms with Crippen molar-refractivity contribution < 1.29 is 0 Å². The van der Waals surface area contributed by atoms with Gasteiger partial charge in [-0.25, -0.2) is 4.98 Å². The fourth-order valence-corrected chi connectivity index (χ4v) is 3.21. The van der Waals surface area contributed by atoms with Crippen LogP contribution in [0.4, 0.5) is 0 Å². The molecular formula is C21H23N3. The Balaban J connectivity index is 2.00. The van der Waals surface area contributed by atoms with Gasteiger partial charge in [0.15, 0.2) is 5.82 Å². The van der Waals surface area contributed by atoms with Crippen LogP contribution in [-0.2, 0) is 0 Å². The number of aromatic amines is 1. The van der Waals surface area contributed by atoms with Crippen molar-refractivity contribution >= 4 is 21.9 Å². The number of hydrogen-bond donors (Lipinski definition) is 1. The van der Waals surface area contributed by atoms with Gasteiger partial charge in [0.25, 0.3) is 0 Å². The summed E-state index contributed by atoms with van der Waals surface area (Å²) < 4.78 is 2.38. The SMILES string of the molecule is CC(n1c(-c2cc3ccccc3[nH]2)nc2ccccc21)C(C)(C)C. The van der Waals surface area contributed by atoms with E-state index in [1.807, 2.05) is 0 Å². The monoisotopic (exact) mass is 317 g/mol. The van der Waals surface area contributed by atoms with Crippen LogP contribution in [0.15, 0.2) is 54.6 Å². The number of imidazole rings is 1. The van der Waals surface area contributed by atoms with E-state index < -0.39 is 0 Å². The van der Waals surface area contributed by atoms with Crippen LogP contribution in [-0.4, -0.2) is 14.5 Å². The van der Waals surface area contributed by atoms with Crippen LogP contribution < -0.4 is 0 Å². The minimum Gasteiger partial charge on any atom is -0.352 e. The molecule has 2 aromatic heterocycles. The lowest BCUT2D eigenvalue weighted by Gasteiger charge is -2.30. The van der Waals surface area contributed by atoms with Gasteiger partial charge in [-0.15, -0.1) is 0 Å². The molecule has 3 nitrogen and oxygen atoms in total. The summed E-state index contributed by atoms with van der Waals surface area (Å²) in [5.74, 6) is 1.01. The fraction of sp³-hybridized carbons (Fsp3) is 0.286. The third-order valence-electron chi connectivity index (χ3n) is 5.01. The number of nitrogens with zero attached hydrogens (tertiary/aromatic N) is 2. The molecule has 0 bridgehead atoms. The van der Waals surface area contributed by atoms with E-state index in [1.54, 1.807) is 0 Å². The van der Waals surface area contributed by atoms with Crippen LogP contribution in [0.1, 0.15) is 33.7 Å². The third-order valence-corrected chi connectivity index (χ3v) is 5.01. The first-order chi connectivity index (χ1) is 11.4. The van der Waals surface area contributed by atoms with E-state index in [4.69, 9.17) is 4.98 Å². The minimum atomic E-state index is 0.143. The van der Waals surface area contributed by atoms with Crippen LogP contribution in [0.5, 0.6) is 0 Å². The maximum absolute atomic E-state index is 4.94. The second-order valence-electron chi connectivity index (χ2n) is 7.61. The Labute approximate surface area is 142 Å². The Bertz CT molecular complexity index is 981. The van der Waals surface area contributed by atoms with Gasteiger partial charge in [0.1, 0.15) is 0 Å². The molecule has 3 heteroatoms. The molecule has 24 heavy (non-hydrogen) atoms. The van der Waals surface area contributed by atoms with Crippen LogP contribution in [0.25, 0.3) is 33.5 Å². The van der Waals surface area contributed by atoms with Gasteiger partial charge in [0.2, 0.25) is 0 Å². The molecule has 0 fully saturated rings. The maximum atomic E-state index is 4.94. The molecule has 0 aliphatic rings. The second kappa shape index (κ2) is 5.23. The fourth-order valence-electron chi connectivity index (χ4n) is 3.21. The zero-order valence-corrected chi connectivity index (χ0v) is 14.7. The molecule has 2 heterocycles. The van der Waals surface area contributed by atoms with Crippen molar-refractivity contribution in [2.75, 3.05) is 0 Å². The highest BCUT2D eigenvalue weighted by Crippen LogP contribution is 2.37. The van der Waals surface area contributed by atoms with Crippen molar-refractivity contribution in [1.82, 2.24) is 14.5 Å². The summed E-state index contributed by atoms with van der Waals surface area (Å²) in [5.41, 5.74) is 4.60. The molecule has 1 unspecified atom stereocenters. The van der Waals surface area contributed by atoms with Crippen molar-refractivity contribution in [3.8, 4) is 11.5 Å². The first kappa shape index (κ1) is 15.0. The number of fused-ring (bicyclic) bond motifs is 2. The topological polar surface area (TPSA) is 33.6 Å². The average molecular weight is 317 g/mol. The number of benzene rings is 2. The predicted octanol–water partition coefficient (Wildman–Crippen LogP) is 5.79. The molecule has 2 aromatic carbocycles. The van der Waals surface area contributed by atoms with Crippen LogP contribution in [0, 0.1) is 5.41 Å². The smallest absolute Gasteiger partial charge is 0.157 e. The van der Waals surface area contributed by atoms with E-state index in [9.17, 15) is 0 Å². The van der Waals surface area contributed by atoms with Crippen molar-refractivity contribution in [3.05, 3.63) is 54.6 Å². The first-order valence-electron chi connectivity index (χ1n) is 8.50. The Morgan fingerprint density at radius 3 is 2.46 bits per heavy atom. The van der Waals surface area contributed by atoms with Crippen LogP contribution in [0.2, 0.25) is 0 Å². The number of hydrogen-bond acceptors (Lipinski definition) is 1. The molecule has 0 saturated heterocycles. The molecule has 4 aromatic rings. The summed E-state index contributed by atoms with van der Waals surface area (Å²) in [6, 6.07) is 19.3. The quantitative estimate of drug-likeness (QED) is 0.498. The summed E-state index contributed by atoms with van der Waals surface area (Å²) in [4.78, 5) is 8.48. The Morgan fingerprint density at radius 1 is 1.00 bits per heavy atom. The molecule has 0 spiro atoms. The van der Waals surface area contributed by atoms with Gasteiger partial charge in [0.05, 0.1) is 16.7 Å². The van der Waals surface area contributed by atoms with Gasteiger partial charge in [-0.2, -0.15) is 0 Å². The van der Waals surface area contributed by atoms with Crippen LogP contribution >= 0.6 is 0 Å². The molecule has 0 saturated carbocycles. The summed E-state index contributed by atoms with van der Waals surface area (Å²) in [6.07, 6.45) is 0. The average Bonchev–Trinajstić information content (AvgIpc) is 3.14. The molecule has 0 aliphatic heterocycles. The van der Waals surface area contributed by atoms with Gasteiger partial charge in [-0.05, 0) is 36.6 Å². The summed E-state index contributed by atoms with van der Waals surface area (Å²) in [7, 11) is 0. The lowest BCUT2D eigenvalue weighted by atomic mass is 9.87. The van der Waals surface area contributed by atoms with E-state index in [-0.39, 0.29) is 5.41 Å². The summed E-state index contributed by atoms with van der Waals surface area (Å²) >= 11 is 0. The van der Waals surface area contributed by atoms with E-state index >= 15 is 0 Å². The number of nitrogens with one attached hydrogen (secondary N) is 1. The second-order valence-corrected chi connectivity index (χ2v) is 7.61. The van der Waals surface area contributed by atoms with E-state index in [0.717, 1.165) is 22.6 Å². The molecule has 0 radical (unpaired) electrons. The van der Waals surface area contributed by atoms with Gasteiger partial charge in [-0.1, -0.05) is 51.1 Å². The zero-order valence-electron chi connectivity index (χ0n) is 14.7. The largest absolute Gasteiger partial charge is 0.352 e. The normalized spacial score (nSPS) is 13.7. The molecule has 1 N–H and O–H groups in total. The van der Waals surface area contributed by atoms with E-state index in [2.05, 4.69) is 91.8 Å². The standard InChI is InChI=1S/C21H23N3/c1-14(21(2,3)4)24-19-12-8-7-11-17(19)23-20(24)18-13-15-9-5-6-10-16(15)22-18/h5-14,22H,1-4H3. The lowest BCUT2D eigenvalue weighted by molar-refractivity contribution is 0.269. The number of aromatic nitrogens is 3. The Morgan fingerprint density at radius 2 is 1.71 bits per heavy atom. The molecule has 0 amide bonds. The summed E-state index contributed by atoms with van der Waals surface area (Å²) in [5, 5.41) is 1.22. The van der Waals surface area contributed by atoms with E-state index in [1.165, 1.54) is 10.9 Å². The number of H-pyrrole nitrogens is 1. The highest BCUT2D eigenvalue weighted by molar-refractivity contribution is 5.87. The highest BCUT2D eigenvalue weighted by atomic mass is 15.1. The minimum absolute atomic E-state index is 0.143. The first-order valence-corrected chi connectivity index (χ1v) is 8.50. The van der Waals surface area contributed by atoms with Gasteiger partial charge in [0, 0.05) is 16.9 Å². The van der Waals surface area contributed by atoms with Crippen molar-refractivity contribution in [2.24, 2.45) is 5.41 Å². The van der Waals surface area contributed by atoms with Gasteiger partial charge in [-0.3, -0.25) is 0 Å². The molecule has 122 valence electrons. The summed E-state index contributed by atoms with van der Waals surface area (Å²) in [6.45, 7) is 9.12. The highest BCUT2D eigenvalue weighted by Gasteiger charge is 2.26. The lowest BCUT2D eigenvalue weighted by Crippen LogP contribution is -2.22. The predicted molar refractivity (Wildman–Crippen MR) is 101 cm³/mol. The molecule has 0 aliphatic carbocycles. The van der Waals surface area contributed by atoms with Crippen molar-refractivity contribution in [1.29, 1.82) is 0 Å². The Hall–Kier alpha value is -2.55. The third kappa shape index (κ3) is 2.32. The maximum Gasteiger partial charge on any atom is 0.157 e. The Kier molecular flexibility index (Phi) is 3.27. The molecule has 4 rings (SSSR count). The number of para-hydroxylation sites is 3. The molecule has 1 atom stereocenters. The van der Waals surface area contributed by atoms with Crippen LogP contribution in [0.3, 0.4) is 0 Å². The molecular weight excluding hydrogens is 294 g/mol. The van der Waals surface area contributed by atoms with Gasteiger partial charge >= 0.3 is 0 Å². The van der Waals surface area contributed by atoms with Crippen molar-refractivity contribution in [2.45, 2.75) is 33.7 Å². The van der Waals surface area contributed by atoms with Gasteiger partial charge < -0.3 is 9.55 Å². The number of rotatable bonds is 2. The van der Waals surface area contributed by atoms with E-state index in [0.29, 0.717) is 6.04 Å².